The number of carbonyl (C=O) groups excluding carboxylic acids is 1. The molecule has 9 heteroatoms. The molecule has 1 aliphatic heterocycles. The van der Waals surface area contributed by atoms with Crippen LogP contribution in [0, 0.1) is 11.6 Å². The molecule has 0 saturated carbocycles. The van der Waals surface area contributed by atoms with Gasteiger partial charge in [-0.3, -0.25) is 4.79 Å². The van der Waals surface area contributed by atoms with Crippen LogP contribution in [0.3, 0.4) is 0 Å². The maximum atomic E-state index is 14.3. The molecular formula is C25H35F2N5O2. The van der Waals surface area contributed by atoms with Gasteiger partial charge in [0.2, 0.25) is 5.91 Å². The summed E-state index contributed by atoms with van der Waals surface area (Å²) >= 11 is 0. The van der Waals surface area contributed by atoms with Gasteiger partial charge in [0.05, 0.1) is 18.5 Å². The minimum absolute atomic E-state index is 0.0396. The first-order chi connectivity index (χ1) is 16.5. The molecule has 2 heterocycles. The van der Waals surface area contributed by atoms with Gasteiger partial charge in [-0.2, -0.15) is 0 Å². The third-order valence-electron chi connectivity index (χ3n) is 6.62. The minimum atomic E-state index is -0.538. The van der Waals surface area contributed by atoms with Gasteiger partial charge in [0.15, 0.2) is 5.82 Å². The number of aromatic nitrogens is 2. The molecule has 4 rings (SSSR count). The van der Waals surface area contributed by atoms with Crippen LogP contribution in [-0.2, 0) is 28.9 Å². The van der Waals surface area contributed by atoms with Crippen molar-refractivity contribution in [2.75, 3.05) is 25.0 Å². The molecule has 7 nitrogen and oxygen atoms in total. The molecule has 2 aliphatic rings. The van der Waals surface area contributed by atoms with Gasteiger partial charge in [0, 0.05) is 44.5 Å². The Morgan fingerprint density at radius 3 is 3.00 bits per heavy atom. The maximum Gasteiger partial charge on any atom is 0.242 e. The maximum absolute atomic E-state index is 14.3. The van der Waals surface area contributed by atoms with E-state index in [2.05, 4.69) is 20.9 Å². The Bertz CT molecular complexity index is 961. The van der Waals surface area contributed by atoms with Crippen LogP contribution >= 0.6 is 0 Å². The third-order valence-corrected chi connectivity index (χ3v) is 6.62. The lowest BCUT2D eigenvalue weighted by Gasteiger charge is -2.29. The topological polar surface area (TPSA) is 80.2 Å². The first-order valence-electron chi connectivity index (χ1n) is 12.4. The predicted octanol–water partition coefficient (Wildman–Crippen LogP) is 3.18. The fourth-order valence-electron chi connectivity index (χ4n) is 4.83. The summed E-state index contributed by atoms with van der Waals surface area (Å²) in [6.45, 7) is 5.29. The number of amides is 1. The normalized spacial score (nSPS) is 20.8. The van der Waals surface area contributed by atoms with Gasteiger partial charge in [-0.25, -0.2) is 13.8 Å². The number of aryl methyl sites for hydroxylation is 1. The number of carbonyl (C=O) groups is 1. The van der Waals surface area contributed by atoms with Crippen molar-refractivity contribution in [1.82, 2.24) is 20.2 Å². The average molecular weight is 476 g/mol. The number of benzene rings is 1. The second-order valence-electron chi connectivity index (χ2n) is 9.30. The van der Waals surface area contributed by atoms with E-state index in [1.54, 1.807) is 6.33 Å². The second-order valence-corrected chi connectivity index (χ2v) is 9.30. The molecule has 1 saturated heterocycles. The highest BCUT2D eigenvalue weighted by Gasteiger charge is 2.27. The van der Waals surface area contributed by atoms with Crippen LogP contribution in [0.25, 0.3) is 0 Å². The molecule has 3 atom stereocenters. The summed E-state index contributed by atoms with van der Waals surface area (Å²) in [5, 5.41) is 9.72. The van der Waals surface area contributed by atoms with Crippen molar-refractivity contribution in [2.24, 2.45) is 0 Å². The molecule has 1 aliphatic carbocycles. The van der Waals surface area contributed by atoms with Crippen molar-refractivity contribution < 1.29 is 18.3 Å². The number of fused-ring (bicyclic) bond motifs is 1. The molecule has 1 aromatic carbocycles. The molecule has 1 aromatic heterocycles. The van der Waals surface area contributed by atoms with Crippen LogP contribution in [0.2, 0.25) is 0 Å². The molecule has 0 spiro atoms. The quantitative estimate of drug-likeness (QED) is 0.435. The number of hydrogen-bond acceptors (Lipinski definition) is 5. The lowest BCUT2D eigenvalue weighted by molar-refractivity contribution is -0.118. The van der Waals surface area contributed by atoms with E-state index in [9.17, 15) is 13.6 Å². The van der Waals surface area contributed by atoms with E-state index in [-0.39, 0.29) is 11.9 Å². The molecule has 0 radical (unpaired) electrons. The van der Waals surface area contributed by atoms with Crippen molar-refractivity contribution >= 4 is 11.7 Å². The van der Waals surface area contributed by atoms with Gasteiger partial charge in [0.25, 0.3) is 0 Å². The number of nitrogens with one attached hydrogen (secondary N) is 3. The number of rotatable bonds is 11. The molecular weight excluding hydrogens is 440 g/mol. The van der Waals surface area contributed by atoms with Gasteiger partial charge in [-0.05, 0) is 55.7 Å². The summed E-state index contributed by atoms with van der Waals surface area (Å²) in [5.74, 6) is -0.672. The zero-order valence-electron chi connectivity index (χ0n) is 19.8. The van der Waals surface area contributed by atoms with Crippen LogP contribution < -0.4 is 16.0 Å². The highest BCUT2D eigenvalue weighted by atomic mass is 19.1. The molecule has 1 amide bonds. The van der Waals surface area contributed by atoms with E-state index >= 15 is 0 Å². The number of ether oxygens (including phenoxy) is 1. The van der Waals surface area contributed by atoms with E-state index in [0.717, 1.165) is 63.6 Å². The molecule has 0 unspecified atom stereocenters. The Hall–Kier alpha value is -2.36. The van der Waals surface area contributed by atoms with E-state index in [4.69, 9.17) is 4.74 Å². The smallest absolute Gasteiger partial charge is 0.242 e. The SMILES string of the molecule is CCC[C@H](N[C@H]1CCc2cc(F)cc(F)c2C1)C(=O)Nc1cn(CCNC[C@H]2CCCO2)cn1. The highest BCUT2D eigenvalue weighted by Crippen LogP contribution is 2.26. The standard InChI is InChI=1S/C25H35F2N5O2/c1-2-4-23(30-19-7-6-17-11-18(26)12-22(27)21(17)13-19)25(33)31-24-15-32(16-29-24)9-8-28-14-20-5-3-10-34-20/h11-12,15-16,19-20,23,28,30H,2-10,13-14H2,1H3,(H,31,33)/t19-,20+,23-/m0/s1. The van der Waals surface area contributed by atoms with Crippen molar-refractivity contribution in [1.29, 1.82) is 0 Å². The number of anilines is 1. The summed E-state index contributed by atoms with van der Waals surface area (Å²) < 4.78 is 35.3. The second kappa shape index (κ2) is 11.9. The number of imidazole rings is 1. The molecule has 1 fully saturated rings. The van der Waals surface area contributed by atoms with Gasteiger partial charge < -0.3 is 25.3 Å². The Labute approximate surface area is 199 Å². The fourth-order valence-corrected chi connectivity index (χ4v) is 4.83. The Morgan fingerprint density at radius 2 is 2.21 bits per heavy atom. The van der Waals surface area contributed by atoms with Crippen molar-refractivity contribution in [2.45, 2.75) is 76.6 Å². The molecule has 3 N–H and O–H groups in total. The molecule has 34 heavy (non-hydrogen) atoms. The summed E-state index contributed by atoms with van der Waals surface area (Å²) in [7, 11) is 0. The fraction of sp³-hybridized carbons (Fsp3) is 0.600. The summed E-state index contributed by atoms with van der Waals surface area (Å²) in [5.41, 5.74) is 1.27. The lowest BCUT2D eigenvalue weighted by atomic mass is 9.87. The summed E-state index contributed by atoms with van der Waals surface area (Å²) in [6, 6.07) is 1.91. The summed E-state index contributed by atoms with van der Waals surface area (Å²) in [4.78, 5) is 17.3. The lowest BCUT2D eigenvalue weighted by Crippen LogP contribution is -2.48. The van der Waals surface area contributed by atoms with Gasteiger partial charge >= 0.3 is 0 Å². The Kier molecular flexibility index (Phi) is 8.64. The number of nitrogens with zero attached hydrogens (tertiary/aromatic N) is 2. The van der Waals surface area contributed by atoms with Gasteiger partial charge in [-0.1, -0.05) is 13.3 Å². The van der Waals surface area contributed by atoms with Crippen molar-refractivity contribution in [3.8, 4) is 0 Å². The Balaban J connectivity index is 1.26. The number of halogens is 2. The van der Waals surface area contributed by atoms with E-state index in [0.29, 0.717) is 36.7 Å². The van der Waals surface area contributed by atoms with E-state index < -0.39 is 17.7 Å². The van der Waals surface area contributed by atoms with Gasteiger partial charge in [-0.15, -0.1) is 0 Å². The van der Waals surface area contributed by atoms with Crippen LogP contribution in [0.5, 0.6) is 0 Å². The van der Waals surface area contributed by atoms with Crippen molar-refractivity contribution in [3.63, 3.8) is 0 Å². The van der Waals surface area contributed by atoms with Gasteiger partial charge in [0.1, 0.15) is 11.6 Å². The summed E-state index contributed by atoms with van der Waals surface area (Å²) in [6.07, 6.45) is 9.37. The first kappa shape index (κ1) is 24.8. The monoisotopic (exact) mass is 475 g/mol. The van der Waals surface area contributed by atoms with Crippen LogP contribution in [0.4, 0.5) is 14.6 Å². The van der Waals surface area contributed by atoms with Crippen LogP contribution in [0.1, 0.15) is 50.2 Å². The largest absolute Gasteiger partial charge is 0.377 e. The van der Waals surface area contributed by atoms with E-state index in [1.807, 2.05) is 17.7 Å². The van der Waals surface area contributed by atoms with Crippen LogP contribution in [-0.4, -0.2) is 53.3 Å². The molecule has 186 valence electrons. The van der Waals surface area contributed by atoms with Crippen molar-refractivity contribution in [3.05, 3.63) is 47.4 Å². The van der Waals surface area contributed by atoms with E-state index in [1.165, 1.54) is 6.07 Å². The van der Waals surface area contributed by atoms with Crippen LogP contribution in [0.15, 0.2) is 24.7 Å². The third kappa shape index (κ3) is 6.61. The highest BCUT2D eigenvalue weighted by molar-refractivity contribution is 5.94. The zero-order chi connectivity index (χ0) is 23.9. The average Bonchev–Trinajstić information content (AvgIpc) is 3.49. The zero-order valence-corrected chi connectivity index (χ0v) is 19.8. The minimum Gasteiger partial charge on any atom is -0.377 e. The first-order valence-corrected chi connectivity index (χ1v) is 12.4. The molecule has 2 aromatic rings. The Morgan fingerprint density at radius 1 is 1.32 bits per heavy atom. The molecule has 0 bridgehead atoms. The predicted molar refractivity (Wildman–Crippen MR) is 127 cm³/mol. The number of hydrogen-bond donors (Lipinski definition) is 3.